The van der Waals surface area contributed by atoms with E-state index in [1.54, 1.807) is 7.11 Å². The lowest BCUT2D eigenvalue weighted by Gasteiger charge is -2.25. The van der Waals surface area contributed by atoms with Crippen LogP contribution in [0.25, 0.3) is 0 Å². The van der Waals surface area contributed by atoms with Gasteiger partial charge < -0.3 is 15.8 Å². The topological polar surface area (TPSA) is 47.3 Å². The van der Waals surface area contributed by atoms with E-state index >= 15 is 0 Å². The van der Waals surface area contributed by atoms with Crippen molar-refractivity contribution in [2.75, 3.05) is 20.2 Å². The van der Waals surface area contributed by atoms with Crippen molar-refractivity contribution < 1.29 is 4.74 Å². The molecular formula is C13H20N2O. The first-order valence-electron chi connectivity index (χ1n) is 5.92. The maximum Gasteiger partial charge on any atom is 0.119 e. The maximum atomic E-state index is 5.50. The summed E-state index contributed by atoms with van der Waals surface area (Å²) >= 11 is 0. The molecule has 1 aromatic carbocycles. The Kier molecular flexibility index (Phi) is 3.80. The lowest BCUT2D eigenvalue weighted by molar-refractivity contribution is 0.411. The van der Waals surface area contributed by atoms with Gasteiger partial charge in [-0.05, 0) is 42.5 Å². The first-order valence-corrected chi connectivity index (χ1v) is 5.92. The smallest absolute Gasteiger partial charge is 0.119 e. The number of methoxy groups -OCH3 is 1. The summed E-state index contributed by atoms with van der Waals surface area (Å²) in [6.45, 7) is 1.62. The fourth-order valence-electron chi connectivity index (χ4n) is 2.32. The second-order valence-corrected chi connectivity index (χ2v) is 4.32. The Hall–Kier alpha value is -1.06. The Balaban J connectivity index is 2.06. The van der Waals surface area contributed by atoms with Gasteiger partial charge in [-0.1, -0.05) is 6.07 Å². The van der Waals surface area contributed by atoms with Gasteiger partial charge in [0.1, 0.15) is 5.75 Å². The van der Waals surface area contributed by atoms with Crippen LogP contribution in [0, 0.1) is 0 Å². The molecule has 0 saturated heterocycles. The molecule has 0 spiro atoms. The van der Waals surface area contributed by atoms with Crippen LogP contribution >= 0.6 is 0 Å². The summed E-state index contributed by atoms with van der Waals surface area (Å²) in [5.74, 6) is 0.957. The van der Waals surface area contributed by atoms with E-state index in [1.807, 2.05) is 6.07 Å². The molecule has 0 saturated carbocycles. The summed E-state index contributed by atoms with van der Waals surface area (Å²) in [6.07, 6.45) is 3.45. The molecule has 16 heavy (non-hydrogen) atoms. The van der Waals surface area contributed by atoms with E-state index in [0.29, 0.717) is 12.6 Å². The van der Waals surface area contributed by atoms with Crippen molar-refractivity contribution in [2.24, 2.45) is 5.73 Å². The summed E-state index contributed by atoms with van der Waals surface area (Å²) in [6, 6.07) is 6.97. The Morgan fingerprint density at radius 3 is 3.06 bits per heavy atom. The highest BCUT2D eigenvalue weighted by molar-refractivity contribution is 5.37. The highest BCUT2D eigenvalue weighted by Gasteiger charge is 2.18. The molecule has 1 aliphatic carbocycles. The van der Waals surface area contributed by atoms with Crippen molar-refractivity contribution >= 4 is 0 Å². The van der Waals surface area contributed by atoms with E-state index in [2.05, 4.69) is 17.4 Å². The predicted molar refractivity (Wildman–Crippen MR) is 65.9 cm³/mol. The third-order valence-electron chi connectivity index (χ3n) is 3.22. The molecule has 2 rings (SSSR count). The Labute approximate surface area is 97.0 Å². The van der Waals surface area contributed by atoms with E-state index in [1.165, 1.54) is 17.5 Å². The van der Waals surface area contributed by atoms with Gasteiger partial charge in [-0.3, -0.25) is 0 Å². The second-order valence-electron chi connectivity index (χ2n) is 4.32. The molecule has 0 bridgehead atoms. The van der Waals surface area contributed by atoms with Gasteiger partial charge in [0.15, 0.2) is 0 Å². The van der Waals surface area contributed by atoms with E-state index in [-0.39, 0.29) is 0 Å². The first-order chi connectivity index (χ1) is 7.83. The fourth-order valence-corrected chi connectivity index (χ4v) is 2.32. The lowest BCUT2D eigenvalue weighted by Crippen LogP contribution is -2.37. The Bertz CT molecular complexity index is 352. The van der Waals surface area contributed by atoms with Gasteiger partial charge in [-0.15, -0.1) is 0 Å². The molecule has 0 aliphatic heterocycles. The number of nitrogens with two attached hydrogens (primary N) is 1. The van der Waals surface area contributed by atoms with Gasteiger partial charge in [0.2, 0.25) is 0 Å². The molecule has 3 N–H and O–H groups in total. The molecule has 88 valence electrons. The highest BCUT2D eigenvalue weighted by Crippen LogP contribution is 2.25. The highest BCUT2D eigenvalue weighted by atomic mass is 16.5. The molecule has 0 amide bonds. The van der Waals surface area contributed by atoms with Gasteiger partial charge >= 0.3 is 0 Å². The van der Waals surface area contributed by atoms with Crippen molar-refractivity contribution in [1.29, 1.82) is 0 Å². The average Bonchev–Trinajstić information content (AvgIpc) is 2.35. The van der Waals surface area contributed by atoms with Gasteiger partial charge in [-0.2, -0.15) is 0 Å². The molecule has 1 aromatic rings. The van der Waals surface area contributed by atoms with Crippen molar-refractivity contribution in [3.05, 3.63) is 29.3 Å². The van der Waals surface area contributed by atoms with Gasteiger partial charge in [-0.25, -0.2) is 0 Å². The minimum atomic E-state index is 0.572. The first kappa shape index (κ1) is 11.4. The van der Waals surface area contributed by atoms with Crippen molar-refractivity contribution in [1.82, 2.24) is 5.32 Å². The van der Waals surface area contributed by atoms with Gasteiger partial charge in [0, 0.05) is 19.1 Å². The summed E-state index contributed by atoms with van der Waals surface area (Å²) < 4.78 is 5.26. The number of aryl methyl sites for hydroxylation is 1. The monoisotopic (exact) mass is 220 g/mol. The average molecular weight is 220 g/mol. The van der Waals surface area contributed by atoms with E-state index in [0.717, 1.165) is 25.1 Å². The molecule has 0 fully saturated rings. The summed E-state index contributed by atoms with van der Waals surface area (Å²) in [7, 11) is 1.72. The number of hydrogen-bond acceptors (Lipinski definition) is 3. The molecular weight excluding hydrogens is 200 g/mol. The van der Waals surface area contributed by atoms with Gasteiger partial charge in [0.25, 0.3) is 0 Å². The van der Waals surface area contributed by atoms with E-state index in [9.17, 15) is 0 Å². The fraction of sp³-hybridized carbons (Fsp3) is 0.538. The third-order valence-corrected chi connectivity index (χ3v) is 3.22. The quantitative estimate of drug-likeness (QED) is 0.799. The normalized spacial score (nSPS) is 19.2. The Morgan fingerprint density at radius 2 is 2.31 bits per heavy atom. The van der Waals surface area contributed by atoms with Crippen LogP contribution in [-0.2, 0) is 12.8 Å². The summed E-state index contributed by atoms with van der Waals surface area (Å²) in [5, 5.41) is 3.48. The van der Waals surface area contributed by atoms with E-state index in [4.69, 9.17) is 10.5 Å². The minimum Gasteiger partial charge on any atom is -0.497 e. The summed E-state index contributed by atoms with van der Waals surface area (Å²) in [5.41, 5.74) is 8.38. The van der Waals surface area contributed by atoms with Crippen LogP contribution in [-0.4, -0.2) is 26.2 Å². The zero-order valence-electron chi connectivity index (χ0n) is 9.83. The van der Waals surface area contributed by atoms with Gasteiger partial charge in [0.05, 0.1) is 7.11 Å². The standard InChI is InChI=1S/C13H20N2O/c1-16-13-5-3-10-2-4-12(15-7-6-14)8-11(10)9-13/h3,5,9,12,15H,2,4,6-8,14H2,1H3. The number of nitrogens with one attached hydrogen (secondary N) is 1. The number of fused-ring (bicyclic) bond motifs is 1. The van der Waals surface area contributed by atoms with Crippen LogP contribution in [0.4, 0.5) is 0 Å². The zero-order valence-corrected chi connectivity index (χ0v) is 9.83. The van der Waals surface area contributed by atoms with Crippen molar-refractivity contribution in [2.45, 2.75) is 25.3 Å². The Morgan fingerprint density at radius 1 is 1.44 bits per heavy atom. The molecule has 3 nitrogen and oxygen atoms in total. The minimum absolute atomic E-state index is 0.572. The van der Waals surface area contributed by atoms with Crippen molar-refractivity contribution in [3.63, 3.8) is 0 Å². The molecule has 0 radical (unpaired) electrons. The van der Waals surface area contributed by atoms with Crippen LogP contribution in [0.15, 0.2) is 18.2 Å². The molecule has 0 aromatic heterocycles. The van der Waals surface area contributed by atoms with Crippen LogP contribution < -0.4 is 15.8 Å². The number of benzene rings is 1. The molecule has 0 heterocycles. The van der Waals surface area contributed by atoms with Crippen LogP contribution in [0.2, 0.25) is 0 Å². The molecule has 1 atom stereocenters. The third kappa shape index (κ3) is 2.54. The van der Waals surface area contributed by atoms with E-state index < -0.39 is 0 Å². The van der Waals surface area contributed by atoms with Crippen LogP contribution in [0.5, 0.6) is 5.75 Å². The van der Waals surface area contributed by atoms with Crippen LogP contribution in [0.3, 0.4) is 0 Å². The zero-order chi connectivity index (χ0) is 11.4. The SMILES string of the molecule is COc1ccc2c(c1)CC(NCCN)CC2. The molecule has 1 unspecified atom stereocenters. The maximum absolute atomic E-state index is 5.50. The largest absolute Gasteiger partial charge is 0.497 e. The number of ether oxygens (including phenoxy) is 1. The van der Waals surface area contributed by atoms with Crippen molar-refractivity contribution in [3.8, 4) is 5.75 Å². The number of hydrogen-bond donors (Lipinski definition) is 2. The predicted octanol–water partition coefficient (Wildman–Crippen LogP) is 1.10. The van der Waals surface area contributed by atoms with Crippen LogP contribution in [0.1, 0.15) is 17.5 Å². The molecule has 1 aliphatic rings. The summed E-state index contributed by atoms with van der Waals surface area (Å²) in [4.78, 5) is 0. The second kappa shape index (κ2) is 5.32. The number of rotatable bonds is 4. The lowest BCUT2D eigenvalue weighted by atomic mass is 9.88. The molecule has 3 heteroatoms.